The van der Waals surface area contributed by atoms with Gasteiger partial charge in [0.05, 0.1) is 6.04 Å². The molecule has 0 aromatic carbocycles. The molecular formula is C17H19N5O. The van der Waals surface area contributed by atoms with E-state index in [1.165, 1.54) is 0 Å². The second kappa shape index (κ2) is 5.31. The normalized spacial score (nSPS) is 22.1. The molecule has 118 valence electrons. The summed E-state index contributed by atoms with van der Waals surface area (Å²) in [5.41, 5.74) is 7.48. The van der Waals surface area contributed by atoms with Crippen molar-refractivity contribution in [2.24, 2.45) is 5.73 Å². The number of nitrogens with two attached hydrogens (primary N) is 1. The van der Waals surface area contributed by atoms with E-state index in [1.54, 1.807) is 6.20 Å². The minimum atomic E-state index is -0.239. The van der Waals surface area contributed by atoms with Gasteiger partial charge in [-0.1, -0.05) is 6.92 Å². The Morgan fingerprint density at radius 1 is 1.43 bits per heavy atom. The molecule has 2 unspecified atom stereocenters. The van der Waals surface area contributed by atoms with E-state index in [9.17, 15) is 4.79 Å². The SMILES string of the molecule is CCN1CC(c2[nH]ccc3cnc4nccc4c23)CC1C(N)=O. The van der Waals surface area contributed by atoms with Crippen LogP contribution >= 0.6 is 0 Å². The number of H-pyrrole nitrogens is 1. The Balaban J connectivity index is 1.86. The number of likely N-dealkylation sites (tertiary alicyclic amines) is 1. The lowest BCUT2D eigenvalue weighted by Crippen LogP contribution is -2.39. The van der Waals surface area contributed by atoms with Crippen molar-refractivity contribution in [2.45, 2.75) is 25.3 Å². The Morgan fingerprint density at radius 3 is 3.04 bits per heavy atom. The van der Waals surface area contributed by atoms with Crippen LogP contribution in [0.3, 0.4) is 0 Å². The fourth-order valence-corrected chi connectivity index (χ4v) is 3.78. The van der Waals surface area contributed by atoms with Crippen LogP contribution < -0.4 is 5.73 Å². The highest BCUT2D eigenvalue weighted by Crippen LogP contribution is 2.36. The summed E-state index contributed by atoms with van der Waals surface area (Å²) in [5, 5.41) is 3.30. The van der Waals surface area contributed by atoms with Gasteiger partial charge in [0.15, 0.2) is 5.65 Å². The van der Waals surface area contributed by atoms with Crippen LogP contribution in [-0.4, -0.2) is 44.9 Å². The molecule has 1 saturated heterocycles. The lowest BCUT2D eigenvalue weighted by Gasteiger charge is -2.19. The van der Waals surface area contributed by atoms with Crippen LogP contribution in [0.25, 0.3) is 21.8 Å². The van der Waals surface area contributed by atoms with E-state index < -0.39 is 0 Å². The largest absolute Gasteiger partial charge is 0.368 e. The van der Waals surface area contributed by atoms with E-state index in [4.69, 9.17) is 5.73 Å². The second-order valence-electron chi connectivity index (χ2n) is 6.10. The molecule has 0 aliphatic carbocycles. The summed E-state index contributed by atoms with van der Waals surface area (Å²) < 4.78 is 0. The molecule has 0 radical (unpaired) electrons. The number of carbonyl (C=O) groups excluding carboxylic acids is 1. The first kappa shape index (κ1) is 14.1. The molecule has 0 bridgehead atoms. The van der Waals surface area contributed by atoms with Crippen LogP contribution in [0.2, 0.25) is 0 Å². The van der Waals surface area contributed by atoms with Crippen LogP contribution in [0.1, 0.15) is 25.0 Å². The predicted molar refractivity (Wildman–Crippen MR) is 89.0 cm³/mol. The minimum Gasteiger partial charge on any atom is -0.368 e. The average molecular weight is 309 g/mol. The number of amides is 1. The van der Waals surface area contributed by atoms with Crippen LogP contribution in [0.15, 0.2) is 30.7 Å². The molecule has 4 rings (SSSR count). The lowest BCUT2D eigenvalue weighted by molar-refractivity contribution is -0.122. The summed E-state index contributed by atoms with van der Waals surface area (Å²) in [6.45, 7) is 3.72. The molecule has 0 spiro atoms. The second-order valence-corrected chi connectivity index (χ2v) is 6.10. The molecule has 1 amide bonds. The van der Waals surface area contributed by atoms with Gasteiger partial charge in [-0.15, -0.1) is 0 Å². The number of carbonyl (C=O) groups is 1. The molecule has 2 atom stereocenters. The van der Waals surface area contributed by atoms with E-state index >= 15 is 0 Å². The first-order valence-corrected chi connectivity index (χ1v) is 7.93. The zero-order valence-electron chi connectivity index (χ0n) is 13.0. The number of rotatable bonds is 3. The maximum Gasteiger partial charge on any atom is 0.234 e. The molecule has 6 nitrogen and oxygen atoms in total. The van der Waals surface area contributed by atoms with Crippen molar-refractivity contribution in [1.29, 1.82) is 0 Å². The predicted octanol–water partition coefficient (Wildman–Crippen LogP) is 1.77. The van der Waals surface area contributed by atoms with Gasteiger partial charge in [-0.3, -0.25) is 9.69 Å². The van der Waals surface area contributed by atoms with E-state index in [1.807, 2.05) is 24.5 Å². The van der Waals surface area contributed by atoms with E-state index in [-0.39, 0.29) is 17.9 Å². The third-order valence-corrected chi connectivity index (χ3v) is 4.88. The number of hydrogen-bond acceptors (Lipinski definition) is 4. The summed E-state index contributed by atoms with van der Waals surface area (Å²) in [4.78, 5) is 26.0. The van der Waals surface area contributed by atoms with Crippen molar-refractivity contribution in [3.05, 3.63) is 36.4 Å². The molecule has 3 aromatic heterocycles. The molecule has 23 heavy (non-hydrogen) atoms. The van der Waals surface area contributed by atoms with Crippen molar-refractivity contribution in [1.82, 2.24) is 19.9 Å². The molecule has 3 N–H and O–H groups in total. The van der Waals surface area contributed by atoms with Crippen molar-refractivity contribution in [2.75, 3.05) is 13.1 Å². The summed E-state index contributed by atoms with van der Waals surface area (Å²) in [6.07, 6.45) is 6.33. The highest BCUT2D eigenvalue weighted by atomic mass is 16.1. The average Bonchev–Trinajstić information content (AvgIpc) is 3.20. The van der Waals surface area contributed by atoms with Crippen molar-refractivity contribution >= 4 is 27.7 Å². The topological polar surface area (TPSA) is 87.9 Å². The molecular weight excluding hydrogens is 290 g/mol. The van der Waals surface area contributed by atoms with Crippen LogP contribution in [0.5, 0.6) is 0 Å². The number of pyridine rings is 2. The van der Waals surface area contributed by atoms with Gasteiger partial charge in [-0.05, 0) is 25.1 Å². The van der Waals surface area contributed by atoms with Crippen molar-refractivity contribution in [3.63, 3.8) is 0 Å². The molecule has 6 heteroatoms. The lowest BCUT2D eigenvalue weighted by atomic mass is 9.95. The minimum absolute atomic E-state index is 0.191. The Morgan fingerprint density at radius 2 is 2.30 bits per heavy atom. The Bertz CT molecular complexity index is 887. The number of nitrogens with zero attached hydrogens (tertiary/aromatic N) is 3. The summed E-state index contributed by atoms with van der Waals surface area (Å²) >= 11 is 0. The van der Waals surface area contributed by atoms with Crippen molar-refractivity contribution in [3.8, 4) is 0 Å². The summed E-state index contributed by atoms with van der Waals surface area (Å²) in [5.74, 6) is 0.00743. The molecule has 1 aliphatic rings. The molecule has 1 aliphatic heterocycles. The third kappa shape index (κ3) is 2.17. The van der Waals surface area contributed by atoms with Crippen LogP contribution in [-0.2, 0) is 4.79 Å². The summed E-state index contributed by atoms with van der Waals surface area (Å²) in [6, 6.07) is 3.83. The smallest absolute Gasteiger partial charge is 0.234 e. The standard InChI is InChI=1S/C17H19N5O/c1-2-22-9-11(7-13(22)16(18)23)15-14-10(3-5-19-15)8-21-17-12(14)4-6-20-17/h3-6,8,11,13,19H,2,7,9H2,1H3,(H2,18,23). The Kier molecular flexibility index (Phi) is 3.27. The maximum atomic E-state index is 11.7. The highest BCUT2D eigenvalue weighted by Gasteiger charge is 2.36. The van der Waals surface area contributed by atoms with Crippen LogP contribution in [0, 0.1) is 0 Å². The van der Waals surface area contributed by atoms with Gasteiger partial charge in [-0.25, -0.2) is 9.97 Å². The van der Waals surface area contributed by atoms with E-state index in [2.05, 4.69) is 26.8 Å². The molecule has 1 fully saturated rings. The molecule has 3 aromatic rings. The monoisotopic (exact) mass is 309 g/mol. The number of primary amides is 1. The van der Waals surface area contributed by atoms with Gasteiger partial charge in [-0.2, -0.15) is 0 Å². The number of fused-ring (bicyclic) bond motifs is 3. The van der Waals surface area contributed by atoms with Crippen LogP contribution in [0.4, 0.5) is 0 Å². The highest BCUT2D eigenvalue weighted by molar-refractivity contribution is 6.06. The van der Waals surface area contributed by atoms with Gasteiger partial charge in [0.25, 0.3) is 0 Å². The summed E-state index contributed by atoms with van der Waals surface area (Å²) in [7, 11) is 0. The number of aromatic amines is 1. The Hall–Kier alpha value is -2.47. The number of aromatic nitrogens is 3. The zero-order valence-corrected chi connectivity index (χ0v) is 13.0. The first-order chi connectivity index (χ1) is 11.2. The van der Waals surface area contributed by atoms with E-state index in [0.29, 0.717) is 0 Å². The van der Waals surface area contributed by atoms with Gasteiger partial charge >= 0.3 is 0 Å². The van der Waals surface area contributed by atoms with E-state index in [0.717, 1.165) is 47.0 Å². The number of likely N-dealkylation sites (N-methyl/N-ethyl adjacent to an activating group) is 1. The quantitative estimate of drug-likeness (QED) is 0.772. The van der Waals surface area contributed by atoms with Gasteiger partial charge < -0.3 is 10.7 Å². The fourth-order valence-electron chi connectivity index (χ4n) is 3.78. The zero-order chi connectivity index (χ0) is 16.0. The van der Waals surface area contributed by atoms with Gasteiger partial charge in [0, 0.05) is 52.9 Å². The van der Waals surface area contributed by atoms with Gasteiger partial charge in [0.1, 0.15) is 0 Å². The fraction of sp³-hybridized carbons (Fsp3) is 0.353. The first-order valence-electron chi connectivity index (χ1n) is 7.93. The maximum absolute atomic E-state index is 11.7. The number of nitrogens with one attached hydrogen (secondary N) is 1. The third-order valence-electron chi connectivity index (χ3n) is 4.88. The van der Waals surface area contributed by atoms with Gasteiger partial charge in [0.2, 0.25) is 5.91 Å². The molecule has 0 saturated carbocycles. The Labute approximate surface area is 133 Å². The molecule has 4 heterocycles. The number of hydrogen-bond donors (Lipinski definition) is 2. The van der Waals surface area contributed by atoms with Crippen molar-refractivity contribution < 1.29 is 4.79 Å².